The summed E-state index contributed by atoms with van der Waals surface area (Å²) in [4.78, 5) is 79.3. The second-order valence-corrected chi connectivity index (χ2v) is 19.2. The summed E-state index contributed by atoms with van der Waals surface area (Å²) in [5.74, 6) is -2.18. The van der Waals surface area contributed by atoms with Gasteiger partial charge in [-0.1, -0.05) is 126 Å². The van der Waals surface area contributed by atoms with E-state index in [4.69, 9.17) is 10.7 Å². The van der Waals surface area contributed by atoms with Crippen LogP contribution in [0, 0.1) is 34.5 Å². The van der Waals surface area contributed by atoms with Crippen LogP contribution >= 0.6 is 11.3 Å². The van der Waals surface area contributed by atoms with Crippen molar-refractivity contribution < 1.29 is 24.0 Å². The van der Waals surface area contributed by atoms with Crippen molar-refractivity contribution in [3.8, 4) is 0 Å². The van der Waals surface area contributed by atoms with E-state index in [1.807, 2.05) is 78.8 Å². The van der Waals surface area contributed by atoms with Gasteiger partial charge in [0.25, 0.3) is 0 Å². The van der Waals surface area contributed by atoms with Crippen molar-refractivity contribution in [2.24, 2.45) is 45.2 Å². The van der Waals surface area contributed by atoms with Crippen molar-refractivity contribution in [3.05, 3.63) is 64.6 Å². The highest BCUT2D eigenvalue weighted by Crippen LogP contribution is 2.32. The molecule has 3 rings (SSSR count). The maximum Gasteiger partial charge on any atom is 0.246 e. The minimum atomic E-state index is -1.04. The molecule has 4 amide bonds. The first kappa shape index (κ1) is 47.0. The number of hydrogen-bond acceptors (Lipinski definition) is 8. The largest absolute Gasteiger partial charge is 0.368 e. The van der Waals surface area contributed by atoms with Crippen LogP contribution in [-0.4, -0.2) is 76.3 Å². The van der Waals surface area contributed by atoms with E-state index in [1.54, 1.807) is 11.6 Å². The summed E-state index contributed by atoms with van der Waals surface area (Å²) >= 11 is 1.35. The number of aliphatic imine (C=N–C) groups is 1. The quantitative estimate of drug-likeness (QED) is 0.0836. The molecule has 314 valence electrons. The van der Waals surface area contributed by atoms with E-state index in [0.29, 0.717) is 23.8 Å². The van der Waals surface area contributed by atoms with Crippen LogP contribution in [0.25, 0.3) is 0 Å². The van der Waals surface area contributed by atoms with E-state index in [1.165, 1.54) is 16.2 Å². The molecule has 2 aromatic rings. The van der Waals surface area contributed by atoms with Gasteiger partial charge < -0.3 is 26.6 Å². The monoisotopic (exact) mass is 805 g/mol. The molecule has 1 aromatic carbocycles. The van der Waals surface area contributed by atoms with Crippen LogP contribution in [0.1, 0.15) is 118 Å². The number of rotatable bonds is 17. The number of benzene rings is 1. The molecule has 2 heterocycles. The first-order valence-corrected chi connectivity index (χ1v) is 21.1. The van der Waals surface area contributed by atoms with Gasteiger partial charge in [-0.05, 0) is 34.7 Å². The van der Waals surface area contributed by atoms with Crippen molar-refractivity contribution >= 4 is 46.6 Å². The number of amidine groups is 1. The van der Waals surface area contributed by atoms with Gasteiger partial charge in [-0.15, -0.1) is 11.3 Å². The first-order valence-electron chi connectivity index (χ1n) is 20.2. The number of thiazole rings is 1. The molecular formula is C44H67N7O5S. The zero-order chi connectivity index (χ0) is 42.8. The molecule has 0 saturated carbocycles. The van der Waals surface area contributed by atoms with Crippen molar-refractivity contribution in [2.75, 3.05) is 13.1 Å². The Kier molecular flexibility index (Phi) is 16.8. The fraction of sp³-hybridized carbons (Fsp3) is 0.614. The number of nitrogens with two attached hydrogens (primary N) is 1. The molecule has 3 unspecified atom stereocenters. The SMILES string of the molecule is CC(C)/C=C/C(/C(=N/C(C(=O)NC(C(=O)N[C@H](CC(=O)C(C)C)c1nccs1)[C@@H](C)c1ccccc1)C(C)(C)C)NCC(=O)N1CC[C@@H](C)[C@H]1C(N)=O)C(C)(C)C. The number of nitrogens with one attached hydrogen (secondary N) is 3. The number of carbonyl (C=O) groups excluding carboxylic acids is 5. The van der Waals surface area contributed by atoms with Gasteiger partial charge in [0.2, 0.25) is 23.6 Å². The lowest BCUT2D eigenvalue weighted by atomic mass is 9.78. The van der Waals surface area contributed by atoms with Crippen molar-refractivity contribution in [3.63, 3.8) is 0 Å². The van der Waals surface area contributed by atoms with E-state index in [2.05, 4.69) is 67.7 Å². The molecular weight excluding hydrogens is 739 g/mol. The molecule has 1 aliphatic heterocycles. The number of hydrogen-bond donors (Lipinski definition) is 4. The Morgan fingerprint density at radius 2 is 1.60 bits per heavy atom. The molecule has 0 spiro atoms. The van der Waals surface area contributed by atoms with Crippen LogP contribution in [0.4, 0.5) is 0 Å². The number of carbonyl (C=O) groups is 5. The Labute approximate surface area is 344 Å². The minimum absolute atomic E-state index is 0.0165. The lowest BCUT2D eigenvalue weighted by Gasteiger charge is -2.35. The maximum atomic E-state index is 14.8. The molecule has 1 aromatic heterocycles. The van der Waals surface area contributed by atoms with Crippen molar-refractivity contribution in [1.82, 2.24) is 25.8 Å². The Bertz CT molecular complexity index is 1730. The topological polar surface area (TPSA) is 176 Å². The van der Waals surface area contributed by atoms with E-state index >= 15 is 0 Å². The zero-order valence-electron chi connectivity index (χ0n) is 36.1. The molecule has 12 nitrogen and oxygen atoms in total. The zero-order valence-corrected chi connectivity index (χ0v) is 36.9. The predicted molar refractivity (Wildman–Crippen MR) is 228 cm³/mol. The van der Waals surface area contributed by atoms with E-state index < -0.39 is 53.2 Å². The second-order valence-electron chi connectivity index (χ2n) is 18.3. The summed E-state index contributed by atoms with van der Waals surface area (Å²) in [6, 6.07) is 6.06. The summed E-state index contributed by atoms with van der Waals surface area (Å²) in [7, 11) is 0. The second kappa shape index (κ2) is 20.3. The number of Topliss-reactive ketones (excluding diaryl/α,β-unsaturated/α-hetero) is 1. The summed E-state index contributed by atoms with van der Waals surface area (Å²) in [5.41, 5.74) is 5.43. The van der Waals surface area contributed by atoms with Crippen molar-refractivity contribution in [1.29, 1.82) is 0 Å². The molecule has 57 heavy (non-hydrogen) atoms. The number of amides is 4. The number of allylic oxidation sites excluding steroid dienone is 1. The van der Waals surface area contributed by atoms with E-state index in [9.17, 15) is 24.0 Å². The van der Waals surface area contributed by atoms with E-state index in [0.717, 1.165) is 5.56 Å². The highest BCUT2D eigenvalue weighted by Gasteiger charge is 2.40. The van der Waals surface area contributed by atoms with E-state index in [-0.39, 0.29) is 53.7 Å². The number of ketones is 1. The van der Waals surface area contributed by atoms with Gasteiger partial charge in [0.1, 0.15) is 34.8 Å². The molecule has 1 fully saturated rings. The van der Waals surface area contributed by atoms with Crippen LogP contribution in [0.3, 0.4) is 0 Å². The molecule has 0 radical (unpaired) electrons. The average Bonchev–Trinajstić information content (AvgIpc) is 3.80. The molecule has 13 heteroatoms. The van der Waals surface area contributed by atoms with Crippen LogP contribution in [0.2, 0.25) is 0 Å². The minimum Gasteiger partial charge on any atom is -0.368 e. The van der Waals surface area contributed by atoms with Crippen LogP contribution in [-0.2, 0) is 24.0 Å². The van der Waals surface area contributed by atoms with Crippen LogP contribution in [0.15, 0.2) is 59.1 Å². The summed E-state index contributed by atoms with van der Waals surface area (Å²) < 4.78 is 0. The third kappa shape index (κ3) is 13.3. The fourth-order valence-electron chi connectivity index (χ4n) is 6.98. The fourth-order valence-corrected chi connectivity index (χ4v) is 7.67. The lowest BCUT2D eigenvalue weighted by molar-refractivity contribution is -0.137. The summed E-state index contributed by atoms with van der Waals surface area (Å²) in [5, 5.41) is 11.9. The Morgan fingerprint density at radius 1 is 0.947 bits per heavy atom. The van der Waals surface area contributed by atoms with Gasteiger partial charge in [-0.25, -0.2) is 4.98 Å². The highest BCUT2D eigenvalue weighted by molar-refractivity contribution is 7.09. The standard InChI is InChI=1S/C44H67N7O5S/c1-26(2)18-19-31(43(7,8)9)39(47-25-34(53)51-22-20-28(5)36(51)38(45)54)50-37(44(10,11)12)41(56)49-35(29(6)30-16-14-13-15-17-30)40(55)48-32(24-33(52)27(3)4)42-46-21-23-57-42/h13-19,21,23,26-29,31-32,35-37H,20,22,24-25H2,1-12H3,(H2,45,54)(H,47,50)(H,48,55)(H,49,56)/b19-18+/t28-,29+,31?,32-,35?,36+,37?/m1/s1. The predicted octanol–water partition coefficient (Wildman–Crippen LogP) is 6.20. The highest BCUT2D eigenvalue weighted by atomic mass is 32.1. The number of nitrogens with zero attached hydrogens (tertiary/aromatic N) is 3. The van der Waals surface area contributed by atoms with Gasteiger partial charge in [0, 0.05) is 42.3 Å². The third-order valence-electron chi connectivity index (χ3n) is 10.5. The van der Waals surface area contributed by atoms with Gasteiger partial charge in [0.05, 0.1) is 12.6 Å². The molecule has 0 bridgehead atoms. The maximum absolute atomic E-state index is 14.8. The third-order valence-corrected chi connectivity index (χ3v) is 11.4. The smallest absolute Gasteiger partial charge is 0.246 e. The Hall–Kier alpha value is -4.39. The molecule has 7 atom stereocenters. The van der Waals surface area contributed by atoms with Gasteiger partial charge >= 0.3 is 0 Å². The van der Waals surface area contributed by atoms with Crippen LogP contribution < -0.4 is 21.7 Å². The molecule has 0 aliphatic carbocycles. The summed E-state index contributed by atoms with van der Waals surface area (Å²) in [6.07, 6.45) is 6.52. The Balaban J connectivity index is 2.09. The number of likely N-dealkylation sites (tertiary alicyclic amines) is 1. The molecule has 1 aliphatic rings. The van der Waals surface area contributed by atoms with Gasteiger partial charge in [-0.2, -0.15) is 0 Å². The number of primary amides is 1. The van der Waals surface area contributed by atoms with Crippen molar-refractivity contribution in [2.45, 2.75) is 126 Å². The first-order chi connectivity index (χ1) is 26.5. The lowest BCUT2D eigenvalue weighted by Crippen LogP contribution is -2.55. The molecule has 5 N–H and O–H groups in total. The van der Waals surface area contributed by atoms with Gasteiger partial charge in [0.15, 0.2) is 0 Å². The number of aromatic nitrogens is 1. The Morgan fingerprint density at radius 3 is 2.12 bits per heavy atom. The van der Waals surface area contributed by atoms with Crippen LogP contribution in [0.5, 0.6) is 0 Å². The normalized spacial score (nSPS) is 19.3. The molecule has 1 saturated heterocycles. The van der Waals surface area contributed by atoms with Gasteiger partial charge in [-0.3, -0.25) is 29.0 Å². The average molecular weight is 806 g/mol. The summed E-state index contributed by atoms with van der Waals surface area (Å²) in [6.45, 7) is 23.8.